The van der Waals surface area contributed by atoms with Crippen molar-refractivity contribution in [2.24, 2.45) is 30.2 Å². The third-order valence-corrected chi connectivity index (χ3v) is 14.4. The number of nitrogens with zero attached hydrogens (tertiary/aromatic N) is 13. The molecule has 0 amide bonds. The second-order valence-electron chi connectivity index (χ2n) is 19.3. The SMILES string of the molecule is Cn1cc2cc(-n3nc4c(Br)cn(CC5CC5)c4c(-c4ccc(C5CC5)nc4)c3=O)ccc2n1.Cn1cc2cc(-n3nc4ccn(CC5CC5)c4c(-c4ccc(C5CC5)nc4)c3=O)ccc2n1.[B]=NS. The zero-order chi connectivity index (χ0) is 47.8. The number of hydrogen-bond acceptors (Lipinski definition) is 10. The summed E-state index contributed by atoms with van der Waals surface area (Å²) in [7, 11) is 8.13. The van der Waals surface area contributed by atoms with Gasteiger partial charge in [-0.05, 0) is 134 Å². The molecule has 0 aliphatic heterocycles. The van der Waals surface area contributed by atoms with Crippen LogP contribution in [0.4, 0.5) is 0 Å². The van der Waals surface area contributed by atoms with Crippen molar-refractivity contribution >= 4 is 80.3 Å². The van der Waals surface area contributed by atoms with Gasteiger partial charge in [-0.25, -0.2) is 0 Å². The number of benzene rings is 2. The molecule has 349 valence electrons. The van der Waals surface area contributed by atoms with Gasteiger partial charge in [0, 0.05) is 109 Å². The Morgan fingerprint density at radius 3 is 1.60 bits per heavy atom. The molecule has 18 heteroatoms. The van der Waals surface area contributed by atoms with Crippen LogP contribution in [0.15, 0.2) is 122 Å². The second kappa shape index (κ2) is 17.9. The molecule has 0 unspecified atom stereocenters. The van der Waals surface area contributed by atoms with E-state index in [0.29, 0.717) is 34.8 Å². The molecule has 14 rings (SSSR count). The minimum absolute atomic E-state index is 0.123. The van der Waals surface area contributed by atoms with Crippen LogP contribution in [0, 0.1) is 11.8 Å². The molecule has 8 heterocycles. The average molecular weight is 1010 g/mol. The Morgan fingerprint density at radius 1 is 0.614 bits per heavy atom. The van der Waals surface area contributed by atoms with Gasteiger partial charge in [0.15, 0.2) is 0 Å². The molecule has 0 N–H and O–H groups in total. The van der Waals surface area contributed by atoms with Crippen molar-refractivity contribution in [2.75, 3.05) is 0 Å². The molecule has 4 saturated carbocycles. The van der Waals surface area contributed by atoms with Crippen LogP contribution >= 0.6 is 28.7 Å². The summed E-state index contributed by atoms with van der Waals surface area (Å²) in [6.07, 6.45) is 21.6. The summed E-state index contributed by atoms with van der Waals surface area (Å²) in [5.41, 5.74) is 11.6. The molecule has 0 saturated heterocycles. The first-order valence-electron chi connectivity index (χ1n) is 23.9. The number of thiol groups is 1. The van der Waals surface area contributed by atoms with E-state index < -0.39 is 0 Å². The minimum atomic E-state index is -0.139. The molecular weight excluding hydrogens is 961 g/mol. The number of hydrogen-bond donors (Lipinski definition) is 1. The predicted octanol–water partition coefficient (Wildman–Crippen LogP) is 9.79. The van der Waals surface area contributed by atoms with Crippen LogP contribution in [0.1, 0.15) is 74.6 Å². The van der Waals surface area contributed by atoms with Crippen LogP contribution in [-0.4, -0.2) is 65.9 Å². The zero-order valence-electron chi connectivity index (χ0n) is 38.7. The molecule has 0 atom stereocenters. The van der Waals surface area contributed by atoms with Crippen molar-refractivity contribution in [2.45, 2.75) is 76.3 Å². The predicted molar refractivity (Wildman–Crippen MR) is 280 cm³/mol. The summed E-state index contributed by atoms with van der Waals surface area (Å²) in [4.78, 5) is 37.4. The van der Waals surface area contributed by atoms with E-state index in [9.17, 15) is 9.59 Å². The number of pyridine rings is 2. The fraction of sp³-hybridized carbons (Fsp3) is 0.308. The quantitative estimate of drug-likeness (QED) is 0.105. The topological polar surface area (TPSA) is 153 Å². The molecule has 70 heavy (non-hydrogen) atoms. The van der Waals surface area contributed by atoms with Gasteiger partial charge >= 0.3 is 24.8 Å². The van der Waals surface area contributed by atoms with Gasteiger partial charge in [-0.1, -0.05) is 12.1 Å². The molecule has 0 spiro atoms. The summed E-state index contributed by atoms with van der Waals surface area (Å²) in [6, 6.07) is 21.9. The molecule has 4 fully saturated rings. The number of aromatic nitrogens is 12. The molecule has 1 radical (unpaired) electrons. The Morgan fingerprint density at radius 2 is 1.11 bits per heavy atom. The summed E-state index contributed by atoms with van der Waals surface area (Å²) in [5, 5.41) is 20.5. The van der Waals surface area contributed by atoms with Crippen LogP contribution in [0.3, 0.4) is 0 Å². The van der Waals surface area contributed by atoms with Crippen molar-refractivity contribution in [1.29, 1.82) is 0 Å². The number of halogens is 1. The fourth-order valence-corrected chi connectivity index (χ4v) is 10.1. The first-order valence-corrected chi connectivity index (χ1v) is 25.1. The summed E-state index contributed by atoms with van der Waals surface area (Å²) in [6.45, 7) is 1.83. The maximum atomic E-state index is 14.0. The van der Waals surface area contributed by atoms with Crippen molar-refractivity contribution in [3.05, 3.63) is 140 Å². The number of rotatable bonds is 10. The van der Waals surface area contributed by atoms with Crippen LogP contribution in [-0.2, 0) is 27.2 Å². The van der Waals surface area contributed by atoms with Crippen LogP contribution < -0.4 is 11.1 Å². The third kappa shape index (κ3) is 8.65. The van der Waals surface area contributed by atoms with Crippen LogP contribution in [0.2, 0.25) is 0 Å². The van der Waals surface area contributed by atoms with Gasteiger partial charge in [-0.15, -0.1) is 0 Å². The Hall–Kier alpha value is -6.79. The van der Waals surface area contributed by atoms with Gasteiger partial charge in [-0.2, -0.15) is 29.8 Å². The third-order valence-electron chi connectivity index (χ3n) is 13.8. The molecule has 2 aromatic carbocycles. The first kappa shape index (κ1) is 44.4. The van der Waals surface area contributed by atoms with E-state index in [1.54, 1.807) is 9.36 Å². The summed E-state index contributed by atoms with van der Waals surface area (Å²) in [5.74, 6) is 2.51. The molecule has 4 aliphatic rings. The van der Waals surface area contributed by atoms with E-state index >= 15 is 0 Å². The van der Waals surface area contributed by atoms with E-state index in [2.05, 4.69) is 90.6 Å². The molecule has 15 nitrogen and oxygen atoms in total. The molecule has 8 aromatic heterocycles. The van der Waals surface area contributed by atoms with Gasteiger partial charge in [0.05, 0.1) is 49.0 Å². The Kier molecular flexibility index (Phi) is 11.3. The fourth-order valence-electron chi connectivity index (χ4n) is 9.60. The standard InChI is InChI=1S/C26H23BrN6O.C26H24N6O.BHNS/c1-31-13-18-10-19(7-9-22(18)29-31)33-26(34)23(17-6-8-21(28-11-17)16-4-5-16)25-24(30-33)20(27)14-32(25)12-15-2-3-15;1-30-15-19-12-20(7-9-22(19)28-30)32-26(33)24(18-6-8-21(27-13-18)17-4-5-17)25-23(29-32)10-11-31(25)14-16-2-3-16;1-2-3/h6-11,13-16H,2-5,12H2,1H3;6-13,15-17H,2-5,14H2,1H3;3H. The van der Waals surface area contributed by atoms with E-state index in [1.165, 1.54) is 60.7 Å². The molecular formula is C52H48BBrN13O2S. The second-order valence-corrected chi connectivity index (χ2v) is 20.4. The van der Waals surface area contributed by atoms with E-state index in [4.69, 9.17) is 20.2 Å². The molecule has 4 aliphatic carbocycles. The molecule has 10 aromatic rings. The Labute approximate surface area is 417 Å². The first-order chi connectivity index (χ1) is 34.1. The Bertz CT molecular complexity index is 3780. The molecule has 0 bridgehead atoms. The summed E-state index contributed by atoms with van der Waals surface area (Å²) >= 11 is 6.91. The normalized spacial score (nSPS) is 15.6. The average Bonchev–Trinajstić information content (AvgIpc) is 4.16. The zero-order valence-corrected chi connectivity index (χ0v) is 41.2. The van der Waals surface area contributed by atoms with Gasteiger partial charge in [0.25, 0.3) is 11.1 Å². The van der Waals surface area contributed by atoms with Crippen molar-refractivity contribution in [1.82, 2.24) is 58.2 Å². The number of aryl methyl sites for hydroxylation is 2. The van der Waals surface area contributed by atoms with Crippen molar-refractivity contribution < 1.29 is 0 Å². The van der Waals surface area contributed by atoms with E-state index in [0.717, 1.165) is 95.3 Å². The van der Waals surface area contributed by atoms with E-state index in [1.807, 2.05) is 87.4 Å². The Balaban J connectivity index is 0.000000137. The maximum absolute atomic E-state index is 14.0. The van der Waals surface area contributed by atoms with Gasteiger partial charge < -0.3 is 9.13 Å². The van der Waals surface area contributed by atoms with Gasteiger partial charge in [-0.3, -0.25) is 28.9 Å². The van der Waals surface area contributed by atoms with Gasteiger partial charge in [0.2, 0.25) is 0 Å². The monoisotopic (exact) mass is 1010 g/mol. The van der Waals surface area contributed by atoms with Crippen LogP contribution in [0.25, 0.3) is 77.5 Å². The van der Waals surface area contributed by atoms with E-state index in [-0.39, 0.29) is 11.1 Å². The van der Waals surface area contributed by atoms with Crippen LogP contribution in [0.5, 0.6) is 0 Å². The van der Waals surface area contributed by atoms with Gasteiger partial charge in [0.1, 0.15) is 11.0 Å². The number of fused-ring (bicyclic) bond motifs is 4. The van der Waals surface area contributed by atoms with Crippen molar-refractivity contribution in [3.63, 3.8) is 0 Å². The summed E-state index contributed by atoms with van der Waals surface area (Å²) < 4.78 is 14.6. The van der Waals surface area contributed by atoms with Crippen molar-refractivity contribution in [3.8, 4) is 33.6 Å².